The maximum absolute atomic E-state index is 5.95. The van der Waals surface area contributed by atoms with Crippen molar-refractivity contribution < 1.29 is 13.9 Å². The smallest absolute Gasteiger partial charge is 0.225 e. The minimum Gasteiger partial charge on any atom is -0.493 e. The van der Waals surface area contributed by atoms with Crippen molar-refractivity contribution in [1.29, 1.82) is 0 Å². The lowest BCUT2D eigenvalue weighted by Crippen LogP contribution is -2.00. The molecule has 1 heterocycles. The highest BCUT2D eigenvalue weighted by Crippen LogP contribution is 2.30. The molecule has 0 aliphatic rings. The maximum Gasteiger partial charge on any atom is 0.225 e. The second kappa shape index (κ2) is 7.41. The molecule has 0 fully saturated rings. The molecule has 0 aliphatic heterocycles. The van der Waals surface area contributed by atoms with E-state index < -0.39 is 0 Å². The van der Waals surface area contributed by atoms with E-state index in [2.05, 4.69) is 4.98 Å². The molecule has 0 bridgehead atoms. The Labute approximate surface area is 146 Å². The number of alkyl halides is 1. The van der Waals surface area contributed by atoms with Crippen molar-refractivity contribution in [2.24, 2.45) is 0 Å². The summed E-state index contributed by atoms with van der Waals surface area (Å²) in [5, 5.41) is 0. The summed E-state index contributed by atoms with van der Waals surface area (Å²) in [5.74, 6) is 2.40. The third-order valence-electron chi connectivity index (χ3n) is 3.79. The summed E-state index contributed by atoms with van der Waals surface area (Å²) in [6, 6.07) is 11.7. The number of benzene rings is 2. The quantitative estimate of drug-likeness (QED) is 0.592. The van der Waals surface area contributed by atoms with E-state index in [9.17, 15) is 0 Å². The van der Waals surface area contributed by atoms with Crippen LogP contribution in [-0.4, -0.2) is 12.1 Å². The van der Waals surface area contributed by atoms with Crippen LogP contribution in [0.1, 0.15) is 16.7 Å². The predicted molar refractivity (Wildman–Crippen MR) is 93.6 cm³/mol. The van der Waals surface area contributed by atoms with E-state index in [0.717, 1.165) is 22.3 Å². The van der Waals surface area contributed by atoms with Gasteiger partial charge in [-0.3, -0.25) is 0 Å². The highest BCUT2D eigenvalue weighted by Gasteiger charge is 2.09. The van der Waals surface area contributed by atoms with Gasteiger partial charge in [-0.25, -0.2) is 4.98 Å². The van der Waals surface area contributed by atoms with Crippen LogP contribution in [0.15, 0.2) is 53.3 Å². The van der Waals surface area contributed by atoms with Gasteiger partial charge < -0.3 is 13.9 Å². The van der Waals surface area contributed by atoms with Crippen LogP contribution in [0, 0.1) is 6.92 Å². The van der Waals surface area contributed by atoms with Gasteiger partial charge in [-0.1, -0.05) is 12.1 Å². The first-order valence-corrected chi connectivity index (χ1v) is 8.10. The van der Waals surface area contributed by atoms with Gasteiger partial charge in [-0.15, -0.1) is 11.6 Å². The molecule has 0 amide bonds. The fourth-order valence-electron chi connectivity index (χ4n) is 2.40. The standard InChI is InChI=1S/C19H18ClNO3/c1-13-3-5-15(19-21-7-8-23-19)10-16(13)12-24-17-6-4-14(11-20)9-18(17)22-2/h3-10H,11-12H2,1-2H3. The average molecular weight is 344 g/mol. The highest BCUT2D eigenvalue weighted by atomic mass is 35.5. The van der Waals surface area contributed by atoms with Crippen molar-refractivity contribution in [1.82, 2.24) is 4.98 Å². The Kier molecular flexibility index (Phi) is 5.06. The zero-order valence-corrected chi connectivity index (χ0v) is 14.3. The normalized spacial score (nSPS) is 10.6. The van der Waals surface area contributed by atoms with Crippen molar-refractivity contribution in [3.8, 4) is 23.0 Å². The van der Waals surface area contributed by atoms with E-state index in [4.69, 9.17) is 25.5 Å². The topological polar surface area (TPSA) is 44.5 Å². The molecule has 24 heavy (non-hydrogen) atoms. The number of hydrogen-bond acceptors (Lipinski definition) is 4. The molecule has 0 saturated carbocycles. The number of methoxy groups -OCH3 is 1. The SMILES string of the molecule is COc1cc(CCl)ccc1OCc1cc(-c2ncco2)ccc1C. The summed E-state index contributed by atoms with van der Waals surface area (Å²) >= 11 is 5.86. The predicted octanol–water partition coefficient (Wildman–Crippen LogP) is 4.98. The number of rotatable bonds is 6. The monoisotopic (exact) mass is 343 g/mol. The lowest BCUT2D eigenvalue weighted by molar-refractivity contribution is 0.284. The van der Waals surface area contributed by atoms with Gasteiger partial charge in [0.15, 0.2) is 11.5 Å². The van der Waals surface area contributed by atoms with E-state index in [1.165, 1.54) is 0 Å². The number of aromatic nitrogens is 1. The third kappa shape index (κ3) is 3.54. The zero-order valence-electron chi connectivity index (χ0n) is 13.6. The second-order valence-corrected chi connectivity index (χ2v) is 5.65. The molecule has 3 rings (SSSR count). The summed E-state index contributed by atoms with van der Waals surface area (Å²) in [6.07, 6.45) is 3.20. The van der Waals surface area contributed by atoms with Crippen LogP contribution in [0.3, 0.4) is 0 Å². The average Bonchev–Trinajstić information content (AvgIpc) is 3.15. The Bertz CT molecular complexity index is 815. The first kappa shape index (κ1) is 16.4. The minimum atomic E-state index is 0.428. The molecule has 1 aromatic heterocycles. The molecule has 0 unspecified atom stereocenters. The van der Waals surface area contributed by atoms with E-state index >= 15 is 0 Å². The molecule has 0 aliphatic carbocycles. The number of nitrogens with zero attached hydrogens (tertiary/aromatic N) is 1. The Balaban J connectivity index is 1.81. The molecule has 0 spiro atoms. The van der Waals surface area contributed by atoms with Crippen molar-refractivity contribution in [2.75, 3.05) is 7.11 Å². The molecule has 0 radical (unpaired) electrons. The summed E-state index contributed by atoms with van der Waals surface area (Å²) in [7, 11) is 1.62. The van der Waals surface area contributed by atoms with Gasteiger partial charge in [0, 0.05) is 11.4 Å². The molecular formula is C19H18ClNO3. The zero-order chi connectivity index (χ0) is 16.9. The van der Waals surface area contributed by atoms with Gasteiger partial charge in [-0.2, -0.15) is 0 Å². The molecule has 124 valence electrons. The van der Waals surface area contributed by atoms with Crippen LogP contribution in [0.5, 0.6) is 11.5 Å². The van der Waals surface area contributed by atoms with Crippen molar-refractivity contribution in [3.63, 3.8) is 0 Å². The van der Waals surface area contributed by atoms with E-state index in [1.54, 1.807) is 19.6 Å². The van der Waals surface area contributed by atoms with Crippen molar-refractivity contribution in [2.45, 2.75) is 19.4 Å². The Morgan fingerprint density at radius 3 is 2.71 bits per heavy atom. The molecule has 5 heteroatoms. The van der Waals surface area contributed by atoms with Gasteiger partial charge in [0.05, 0.1) is 13.3 Å². The van der Waals surface area contributed by atoms with Gasteiger partial charge >= 0.3 is 0 Å². The Morgan fingerprint density at radius 2 is 2.00 bits per heavy atom. The fourth-order valence-corrected chi connectivity index (χ4v) is 2.56. The Hall–Kier alpha value is -2.46. The minimum absolute atomic E-state index is 0.428. The molecule has 0 N–H and O–H groups in total. The Morgan fingerprint density at radius 1 is 1.12 bits per heavy atom. The van der Waals surface area contributed by atoms with E-state index in [0.29, 0.717) is 29.9 Å². The lowest BCUT2D eigenvalue weighted by Gasteiger charge is -2.13. The molecule has 0 atom stereocenters. The third-order valence-corrected chi connectivity index (χ3v) is 4.10. The first-order chi connectivity index (χ1) is 11.7. The number of halogens is 1. The van der Waals surface area contributed by atoms with Crippen LogP contribution in [0.4, 0.5) is 0 Å². The fraction of sp³-hybridized carbons (Fsp3) is 0.211. The summed E-state index contributed by atoms with van der Waals surface area (Å²) in [5.41, 5.74) is 4.12. The van der Waals surface area contributed by atoms with Crippen LogP contribution in [0.2, 0.25) is 0 Å². The van der Waals surface area contributed by atoms with Crippen LogP contribution < -0.4 is 9.47 Å². The number of ether oxygens (including phenoxy) is 2. The summed E-state index contributed by atoms with van der Waals surface area (Å²) < 4.78 is 16.7. The first-order valence-electron chi connectivity index (χ1n) is 7.56. The molecule has 0 saturated heterocycles. The van der Waals surface area contributed by atoms with Crippen LogP contribution in [-0.2, 0) is 12.5 Å². The molecular weight excluding hydrogens is 326 g/mol. The number of aryl methyl sites for hydroxylation is 1. The summed E-state index contributed by atoms with van der Waals surface area (Å²) in [6.45, 7) is 2.48. The van der Waals surface area contributed by atoms with Gasteiger partial charge in [0.2, 0.25) is 5.89 Å². The van der Waals surface area contributed by atoms with E-state index in [1.807, 2.05) is 43.3 Å². The van der Waals surface area contributed by atoms with Crippen molar-refractivity contribution in [3.05, 3.63) is 65.5 Å². The molecule has 2 aromatic carbocycles. The van der Waals surface area contributed by atoms with E-state index in [-0.39, 0.29) is 0 Å². The van der Waals surface area contributed by atoms with Gasteiger partial charge in [-0.05, 0) is 47.9 Å². The number of hydrogen-bond donors (Lipinski definition) is 0. The van der Waals surface area contributed by atoms with Gasteiger partial charge in [0.1, 0.15) is 12.9 Å². The molecule has 3 aromatic rings. The maximum atomic E-state index is 5.95. The highest BCUT2D eigenvalue weighted by molar-refractivity contribution is 6.17. The van der Waals surface area contributed by atoms with Crippen LogP contribution >= 0.6 is 11.6 Å². The molecule has 4 nitrogen and oxygen atoms in total. The largest absolute Gasteiger partial charge is 0.493 e. The van der Waals surface area contributed by atoms with Gasteiger partial charge in [0.25, 0.3) is 0 Å². The van der Waals surface area contributed by atoms with Crippen molar-refractivity contribution >= 4 is 11.6 Å². The second-order valence-electron chi connectivity index (χ2n) is 5.39. The summed E-state index contributed by atoms with van der Waals surface area (Å²) in [4.78, 5) is 4.18. The number of oxazole rings is 1. The van der Waals surface area contributed by atoms with Crippen LogP contribution in [0.25, 0.3) is 11.5 Å². The lowest BCUT2D eigenvalue weighted by atomic mass is 10.1.